The minimum absolute atomic E-state index is 0.430. The van der Waals surface area contributed by atoms with Crippen LogP contribution < -0.4 is 0 Å². The molecular formula is C16H20N2. The van der Waals surface area contributed by atoms with E-state index in [9.17, 15) is 0 Å². The van der Waals surface area contributed by atoms with Crippen LogP contribution in [0.4, 0.5) is 0 Å². The zero-order valence-electron chi connectivity index (χ0n) is 11.1. The number of aromatic nitrogens is 1. The molecule has 1 aromatic carbocycles. The molecule has 94 valence electrons. The van der Waals surface area contributed by atoms with Crippen LogP contribution in [0.15, 0.2) is 54.9 Å². The summed E-state index contributed by atoms with van der Waals surface area (Å²) in [4.78, 5) is 6.60. The number of benzene rings is 1. The predicted molar refractivity (Wildman–Crippen MR) is 75.2 cm³/mol. The maximum absolute atomic E-state index is 4.22. The van der Waals surface area contributed by atoms with E-state index in [1.54, 1.807) is 0 Å². The Labute approximate surface area is 109 Å². The Hall–Kier alpha value is -1.67. The van der Waals surface area contributed by atoms with E-state index >= 15 is 0 Å². The molecule has 1 aromatic heterocycles. The van der Waals surface area contributed by atoms with Gasteiger partial charge in [0.1, 0.15) is 0 Å². The van der Waals surface area contributed by atoms with Crippen LogP contribution >= 0.6 is 0 Å². The van der Waals surface area contributed by atoms with Crippen molar-refractivity contribution in [3.63, 3.8) is 0 Å². The lowest BCUT2D eigenvalue weighted by atomic mass is 10.0. The van der Waals surface area contributed by atoms with Gasteiger partial charge in [0.25, 0.3) is 0 Å². The molecule has 0 N–H and O–H groups in total. The first kappa shape index (κ1) is 12.8. The third-order valence-electron chi connectivity index (χ3n) is 3.26. The van der Waals surface area contributed by atoms with Gasteiger partial charge in [-0.1, -0.05) is 43.3 Å². The fourth-order valence-electron chi connectivity index (χ4n) is 2.36. The second-order valence-corrected chi connectivity index (χ2v) is 4.61. The first-order valence-corrected chi connectivity index (χ1v) is 6.45. The van der Waals surface area contributed by atoms with Crippen molar-refractivity contribution in [3.05, 3.63) is 66.0 Å². The lowest BCUT2D eigenvalue weighted by Crippen LogP contribution is -2.23. The second-order valence-electron chi connectivity index (χ2n) is 4.61. The van der Waals surface area contributed by atoms with Gasteiger partial charge in [-0.05, 0) is 30.7 Å². The summed E-state index contributed by atoms with van der Waals surface area (Å²) < 4.78 is 0. The molecule has 2 rings (SSSR count). The fraction of sp³-hybridized carbons (Fsp3) is 0.312. The van der Waals surface area contributed by atoms with Gasteiger partial charge in [0.2, 0.25) is 0 Å². The average Bonchev–Trinajstić information content (AvgIpc) is 2.42. The lowest BCUT2D eigenvalue weighted by molar-refractivity contribution is 0.230. The van der Waals surface area contributed by atoms with E-state index in [4.69, 9.17) is 0 Å². The van der Waals surface area contributed by atoms with Crippen molar-refractivity contribution in [2.24, 2.45) is 0 Å². The fourth-order valence-corrected chi connectivity index (χ4v) is 2.36. The molecular weight excluding hydrogens is 220 g/mol. The summed E-state index contributed by atoms with van der Waals surface area (Å²) in [5, 5.41) is 0. The van der Waals surface area contributed by atoms with Crippen molar-refractivity contribution >= 4 is 0 Å². The van der Waals surface area contributed by atoms with Crippen molar-refractivity contribution < 1.29 is 0 Å². The molecule has 0 saturated carbocycles. The van der Waals surface area contributed by atoms with Crippen LogP contribution in [-0.4, -0.2) is 16.9 Å². The Bertz CT molecular complexity index is 453. The highest BCUT2D eigenvalue weighted by Gasteiger charge is 2.14. The summed E-state index contributed by atoms with van der Waals surface area (Å²) in [6.45, 7) is 3.19. The molecule has 0 radical (unpaired) electrons. The molecule has 0 aliphatic rings. The van der Waals surface area contributed by atoms with Crippen molar-refractivity contribution in [2.45, 2.75) is 25.9 Å². The van der Waals surface area contributed by atoms with Gasteiger partial charge in [-0.3, -0.25) is 9.88 Å². The van der Waals surface area contributed by atoms with Crippen LogP contribution in [0.3, 0.4) is 0 Å². The molecule has 1 heterocycles. The Morgan fingerprint density at radius 3 is 2.50 bits per heavy atom. The zero-order chi connectivity index (χ0) is 12.8. The lowest BCUT2D eigenvalue weighted by Gasteiger charge is -2.27. The molecule has 2 heteroatoms. The van der Waals surface area contributed by atoms with Crippen LogP contribution in [0.2, 0.25) is 0 Å². The van der Waals surface area contributed by atoms with E-state index in [0.717, 1.165) is 13.0 Å². The highest BCUT2D eigenvalue weighted by atomic mass is 15.1. The molecule has 0 unspecified atom stereocenters. The molecule has 0 spiro atoms. The Kier molecular flexibility index (Phi) is 4.48. The molecule has 0 aliphatic carbocycles. The third kappa shape index (κ3) is 3.17. The normalized spacial score (nSPS) is 12.6. The van der Waals surface area contributed by atoms with Gasteiger partial charge in [0, 0.05) is 25.0 Å². The van der Waals surface area contributed by atoms with E-state index < -0.39 is 0 Å². The van der Waals surface area contributed by atoms with Gasteiger partial charge in [0.05, 0.1) is 0 Å². The van der Waals surface area contributed by atoms with Crippen LogP contribution in [0.25, 0.3) is 0 Å². The van der Waals surface area contributed by atoms with Crippen LogP contribution in [0.5, 0.6) is 0 Å². The SMILES string of the molecule is CC[C@H](c1cccnc1)N(C)Cc1ccccc1. The van der Waals surface area contributed by atoms with E-state index in [0.29, 0.717) is 6.04 Å². The minimum atomic E-state index is 0.430. The van der Waals surface area contributed by atoms with Crippen molar-refractivity contribution in [2.75, 3.05) is 7.05 Å². The van der Waals surface area contributed by atoms with Gasteiger partial charge < -0.3 is 0 Å². The summed E-state index contributed by atoms with van der Waals surface area (Å²) in [6.07, 6.45) is 4.89. The monoisotopic (exact) mass is 240 g/mol. The zero-order valence-corrected chi connectivity index (χ0v) is 11.1. The van der Waals surface area contributed by atoms with E-state index in [1.165, 1.54) is 11.1 Å². The molecule has 1 atom stereocenters. The number of rotatable bonds is 5. The summed E-state index contributed by atoms with van der Waals surface area (Å²) in [6, 6.07) is 15.2. The van der Waals surface area contributed by atoms with Crippen molar-refractivity contribution in [1.82, 2.24) is 9.88 Å². The Morgan fingerprint density at radius 2 is 1.89 bits per heavy atom. The highest BCUT2D eigenvalue weighted by molar-refractivity contribution is 5.17. The number of nitrogens with zero attached hydrogens (tertiary/aromatic N) is 2. The van der Waals surface area contributed by atoms with Crippen LogP contribution in [0, 0.1) is 0 Å². The topological polar surface area (TPSA) is 16.1 Å². The average molecular weight is 240 g/mol. The first-order chi connectivity index (χ1) is 8.81. The van der Waals surface area contributed by atoms with Crippen LogP contribution in [0.1, 0.15) is 30.5 Å². The molecule has 0 fully saturated rings. The summed E-state index contributed by atoms with van der Waals surface area (Å²) in [7, 11) is 2.17. The Balaban J connectivity index is 2.09. The third-order valence-corrected chi connectivity index (χ3v) is 3.26. The number of pyridine rings is 1. The van der Waals surface area contributed by atoms with Gasteiger partial charge >= 0.3 is 0 Å². The Morgan fingerprint density at radius 1 is 1.11 bits per heavy atom. The van der Waals surface area contributed by atoms with E-state index in [2.05, 4.69) is 60.3 Å². The minimum Gasteiger partial charge on any atom is -0.295 e. The van der Waals surface area contributed by atoms with Gasteiger partial charge in [-0.25, -0.2) is 0 Å². The molecule has 2 nitrogen and oxygen atoms in total. The largest absolute Gasteiger partial charge is 0.295 e. The molecule has 2 aromatic rings. The van der Waals surface area contributed by atoms with Gasteiger partial charge in [-0.2, -0.15) is 0 Å². The number of hydrogen-bond donors (Lipinski definition) is 0. The number of hydrogen-bond acceptors (Lipinski definition) is 2. The summed E-state index contributed by atoms with van der Waals surface area (Å²) in [5.41, 5.74) is 2.64. The summed E-state index contributed by atoms with van der Waals surface area (Å²) in [5.74, 6) is 0. The van der Waals surface area contributed by atoms with Gasteiger partial charge in [-0.15, -0.1) is 0 Å². The van der Waals surface area contributed by atoms with E-state index in [-0.39, 0.29) is 0 Å². The molecule has 0 amide bonds. The summed E-state index contributed by atoms with van der Waals surface area (Å²) >= 11 is 0. The molecule has 0 bridgehead atoms. The molecule has 0 saturated heterocycles. The standard InChI is InChI=1S/C16H20N2/c1-3-16(15-10-7-11-17-12-15)18(2)13-14-8-5-4-6-9-14/h4-12,16H,3,13H2,1-2H3/t16-/m1/s1. The van der Waals surface area contributed by atoms with Crippen molar-refractivity contribution in [3.8, 4) is 0 Å². The predicted octanol–water partition coefficient (Wildman–Crippen LogP) is 3.66. The molecule has 18 heavy (non-hydrogen) atoms. The maximum atomic E-state index is 4.22. The maximum Gasteiger partial charge on any atom is 0.0361 e. The highest BCUT2D eigenvalue weighted by Crippen LogP contribution is 2.23. The smallest absolute Gasteiger partial charge is 0.0361 e. The van der Waals surface area contributed by atoms with E-state index in [1.807, 2.05) is 18.5 Å². The quantitative estimate of drug-likeness (QED) is 0.792. The first-order valence-electron chi connectivity index (χ1n) is 6.45. The van der Waals surface area contributed by atoms with Gasteiger partial charge in [0.15, 0.2) is 0 Å². The van der Waals surface area contributed by atoms with Crippen LogP contribution in [-0.2, 0) is 6.54 Å². The van der Waals surface area contributed by atoms with Crippen molar-refractivity contribution in [1.29, 1.82) is 0 Å². The second kappa shape index (κ2) is 6.31. The molecule has 0 aliphatic heterocycles.